The van der Waals surface area contributed by atoms with Crippen LogP contribution in [-0.2, 0) is 6.42 Å². The molecule has 1 aromatic carbocycles. The molecule has 0 saturated carbocycles. The number of nitrogens with two attached hydrogens (primary N) is 1. The number of hydrogen-bond acceptors (Lipinski definition) is 7. The van der Waals surface area contributed by atoms with Crippen LogP contribution in [0.25, 0.3) is 11.6 Å². The Kier molecular flexibility index (Phi) is 7.39. The normalized spacial score (nSPS) is 15.4. The van der Waals surface area contributed by atoms with E-state index in [0.29, 0.717) is 43.5 Å². The fourth-order valence-corrected chi connectivity index (χ4v) is 4.04. The van der Waals surface area contributed by atoms with Crippen molar-refractivity contribution in [1.29, 1.82) is 0 Å². The lowest BCUT2D eigenvalue weighted by Gasteiger charge is -2.36. The zero-order valence-electron chi connectivity index (χ0n) is 18.7. The summed E-state index contributed by atoms with van der Waals surface area (Å²) >= 11 is 0. The van der Waals surface area contributed by atoms with Crippen LogP contribution in [0.1, 0.15) is 49.9 Å². The lowest BCUT2D eigenvalue weighted by atomic mass is 9.98. The minimum absolute atomic E-state index is 0.0605. The van der Waals surface area contributed by atoms with Gasteiger partial charge in [-0.15, -0.1) is 0 Å². The van der Waals surface area contributed by atoms with Gasteiger partial charge in [0.1, 0.15) is 0 Å². The number of fused-ring (bicyclic) bond motifs is 1. The van der Waals surface area contributed by atoms with Gasteiger partial charge in [0.15, 0.2) is 23.2 Å². The maximum absolute atomic E-state index is 14.4. The van der Waals surface area contributed by atoms with Crippen LogP contribution in [0.3, 0.4) is 0 Å². The third kappa shape index (κ3) is 5.24. The Morgan fingerprint density at radius 2 is 1.85 bits per heavy atom. The fourth-order valence-electron chi connectivity index (χ4n) is 4.04. The molecule has 33 heavy (non-hydrogen) atoms. The summed E-state index contributed by atoms with van der Waals surface area (Å²) < 4.78 is 34.3. The Labute approximate surface area is 192 Å². The van der Waals surface area contributed by atoms with Crippen molar-refractivity contribution < 1.29 is 13.5 Å². The second-order valence-corrected chi connectivity index (χ2v) is 8.08. The highest BCUT2D eigenvalue weighted by molar-refractivity contribution is 5.55. The maximum atomic E-state index is 14.4. The first kappa shape index (κ1) is 23.0. The smallest absolute Gasteiger partial charge is 0.200 e. The Bertz CT molecular complexity index is 1080. The summed E-state index contributed by atoms with van der Waals surface area (Å²) in [6, 6.07) is 4.42. The van der Waals surface area contributed by atoms with E-state index < -0.39 is 11.6 Å². The zero-order chi connectivity index (χ0) is 23.2. The van der Waals surface area contributed by atoms with Gasteiger partial charge in [0.2, 0.25) is 5.82 Å². The van der Waals surface area contributed by atoms with Crippen molar-refractivity contribution in [1.82, 2.24) is 19.9 Å². The molecular weight excluding hydrogens is 426 g/mol. The standard InChI is InChI=1S/C24H28F2N6O/c1-16-18-15-30-24(23-28-9-6-10-29-23)31-20(18)7-11-32(16)17-13-19(25)22(26)21(14-17)33-12-5-3-2-4-8-27/h6,9-10,13-16H,2-5,7-8,11-12,27H2,1H3/t16-/m1/s1. The third-order valence-corrected chi connectivity index (χ3v) is 5.84. The van der Waals surface area contributed by atoms with Crippen LogP contribution >= 0.6 is 0 Å². The number of unbranched alkanes of at least 4 members (excludes halogenated alkanes) is 3. The molecule has 9 heteroatoms. The van der Waals surface area contributed by atoms with E-state index in [4.69, 9.17) is 10.5 Å². The van der Waals surface area contributed by atoms with E-state index in [1.54, 1.807) is 30.7 Å². The van der Waals surface area contributed by atoms with E-state index in [-0.39, 0.29) is 11.8 Å². The summed E-state index contributed by atoms with van der Waals surface area (Å²) in [5.41, 5.74) is 7.91. The maximum Gasteiger partial charge on any atom is 0.200 e. The van der Waals surface area contributed by atoms with Gasteiger partial charge in [0, 0.05) is 54.9 Å². The summed E-state index contributed by atoms with van der Waals surface area (Å²) in [5, 5.41) is 0. The first-order chi connectivity index (χ1) is 16.1. The van der Waals surface area contributed by atoms with Crippen LogP contribution in [0.2, 0.25) is 0 Å². The number of benzene rings is 1. The molecule has 2 aromatic heterocycles. The minimum Gasteiger partial charge on any atom is -0.490 e. The van der Waals surface area contributed by atoms with Gasteiger partial charge in [0.05, 0.1) is 18.3 Å². The van der Waals surface area contributed by atoms with Crippen molar-refractivity contribution in [3.05, 3.63) is 59.7 Å². The van der Waals surface area contributed by atoms with E-state index in [0.717, 1.165) is 36.9 Å². The Hall–Kier alpha value is -3.20. The van der Waals surface area contributed by atoms with Crippen molar-refractivity contribution in [3.63, 3.8) is 0 Å². The molecule has 1 aliphatic rings. The molecule has 0 fully saturated rings. The van der Waals surface area contributed by atoms with Crippen molar-refractivity contribution in [2.24, 2.45) is 5.73 Å². The number of hydrogen-bond donors (Lipinski definition) is 1. The number of nitrogens with zero attached hydrogens (tertiary/aromatic N) is 5. The predicted octanol–water partition coefficient (Wildman–Crippen LogP) is 4.23. The molecule has 7 nitrogen and oxygen atoms in total. The second-order valence-electron chi connectivity index (χ2n) is 8.08. The number of aromatic nitrogens is 4. The molecule has 4 rings (SSSR count). The van der Waals surface area contributed by atoms with Gasteiger partial charge >= 0.3 is 0 Å². The van der Waals surface area contributed by atoms with Crippen molar-refractivity contribution in [2.75, 3.05) is 24.6 Å². The third-order valence-electron chi connectivity index (χ3n) is 5.84. The quantitative estimate of drug-likeness (QED) is 0.484. The summed E-state index contributed by atoms with van der Waals surface area (Å²) in [6.07, 6.45) is 9.37. The molecular formula is C24H28F2N6O. The number of anilines is 1. The van der Waals surface area contributed by atoms with Gasteiger partial charge < -0.3 is 15.4 Å². The highest BCUT2D eigenvalue weighted by Gasteiger charge is 2.28. The van der Waals surface area contributed by atoms with Crippen molar-refractivity contribution in [2.45, 2.75) is 45.1 Å². The minimum atomic E-state index is -0.957. The van der Waals surface area contributed by atoms with E-state index in [9.17, 15) is 8.78 Å². The van der Waals surface area contributed by atoms with Crippen LogP contribution in [0.15, 0.2) is 36.8 Å². The van der Waals surface area contributed by atoms with E-state index in [1.807, 2.05) is 11.8 Å². The van der Waals surface area contributed by atoms with Gasteiger partial charge in [-0.2, -0.15) is 4.39 Å². The molecule has 0 saturated heterocycles. The lowest BCUT2D eigenvalue weighted by Crippen LogP contribution is -2.35. The molecule has 174 valence electrons. The number of ether oxygens (including phenoxy) is 1. The Morgan fingerprint density at radius 3 is 2.64 bits per heavy atom. The molecule has 2 N–H and O–H groups in total. The Balaban J connectivity index is 1.50. The molecule has 0 aliphatic carbocycles. The largest absolute Gasteiger partial charge is 0.490 e. The van der Waals surface area contributed by atoms with Crippen molar-refractivity contribution >= 4 is 5.69 Å². The van der Waals surface area contributed by atoms with Crippen molar-refractivity contribution in [3.8, 4) is 17.4 Å². The molecule has 0 spiro atoms. The first-order valence-corrected chi connectivity index (χ1v) is 11.3. The topological polar surface area (TPSA) is 90.0 Å². The molecule has 1 atom stereocenters. The van der Waals surface area contributed by atoms with Crippen LogP contribution in [0, 0.1) is 11.6 Å². The second kappa shape index (κ2) is 10.6. The van der Waals surface area contributed by atoms with E-state index in [2.05, 4.69) is 19.9 Å². The molecule has 3 aromatic rings. The van der Waals surface area contributed by atoms with Crippen LogP contribution in [0.4, 0.5) is 14.5 Å². The average Bonchev–Trinajstić information content (AvgIpc) is 2.84. The SMILES string of the molecule is C[C@@H]1c2cnc(-c3ncccn3)nc2CCN1c1cc(F)c(F)c(OCCCCCCN)c1. The molecule has 0 amide bonds. The van der Waals surface area contributed by atoms with Crippen LogP contribution in [-0.4, -0.2) is 39.6 Å². The summed E-state index contributed by atoms with van der Waals surface area (Å²) in [4.78, 5) is 19.5. The number of halogens is 2. The number of rotatable bonds is 9. The van der Waals surface area contributed by atoms with Crippen LogP contribution < -0.4 is 15.4 Å². The zero-order valence-corrected chi connectivity index (χ0v) is 18.7. The van der Waals surface area contributed by atoms with Crippen LogP contribution in [0.5, 0.6) is 5.75 Å². The first-order valence-electron chi connectivity index (χ1n) is 11.3. The molecule has 3 heterocycles. The summed E-state index contributed by atoms with van der Waals surface area (Å²) in [5.74, 6) is -0.988. The Morgan fingerprint density at radius 1 is 1.06 bits per heavy atom. The monoisotopic (exact) mass is 454 g/mol. The highest BCUT2D eigenvalue weighted by Crippen LogP contribution is 2.36. The molecule has 0 radical (unpaired) electrons. The van der Waals surface area contributed by atoms with Gasteiger partial charge in [0.25, 0.3) is 0 Å². The highest BCUT2D eigenvalue weighted by atomic mass is 19.2. The average molecular weight is 455 g/mol. The van der Waals surface area contributed by atoms with E-state index >= 15 is 0 Å². The summed E-state index contributed by atoms with van der Waals surface area (Å²) in [7, 11) is 0. The van der Waals surface area contributed by atoms with Gasteiger partial charge in [-0.25, -0.2) is 24.3 Å². The van der Waals surface area contributed by atoms with Gasteiger partial charge in [-0.1, -0.05) is 12.8 Å². The fraction of sp³-hybridized carbons (Fsp3) is 0.417. The molecule has 0 unspecified atom stereocenters. The summed E-state index contributed by atoms with van der Waals surface area (Å²) in [6.45, 7) is 3.59. The van der Waals surface area contributed by atoms with Gasteiger partial charge in [-0.05, 0) is 32.4 Å². The van der Waals surface area contributed by atoms with Gasteiger partial charge in [-0.3, -0.25) is 0 Å². The molecule has 1 aliphatic heterocycles. The van der Waals surface area contributed by atoms with E-state index in [1.165, 1.54) is 6.07 Å². The lowest BCUT2D eigenvalue weighted by molar-refractivity contribution is 0.285. The molecule has 0 bridgehead atoms. The predicted molar refractivity (Wildman–Crippen MR) is 122 cm³/mol.